The van der Waals surface area contributed by atoms with Crippen molar-refractivity contribution in [2.75, 3.05) is 12.3 Å². The van der Waals surface area contributed by atoms with Gasteiger partial charge in [-0.2, -0.15) is 0 Å². The van der Waals surface area contributed by atoms with Gasteiger partial charge in [0, 0.05) is 36.0 Å². The number of carbonyl (C=O) groups excluding carboxylic acids is 2. The molecule has 2 rings (SSSR count). The minimum atomic E-state index is -0.617. The van der Waals surface area contributed by atoms with Crippen molar-refractivity contribution < 1.29 is 14.5 Å². The molecule has 1 unspecified atom stereocenters. The van der Waals surface area contributed by atoms with E-state index in [0.29, 0.717) is 23.9 Å². The van der Waals surface area contributed by atoms with Gasteiger partial charge in [0.25, 0.3) is 5.69 Å². The third kappa shape index (κ3) is 7.03. The van der Waals surface area contributed by atoms with Gasteiger partial charge in [-0.1, -0.05) is 35.9 Å². The van der Waals surface area contributed by atoms with Crippen LogP contribution in [0.2, 0.25) is 5.02 Å². The number of likely N-dealkylation sites (N-methyl/N-ethyl adjacent to an activating group) is 1. The first-order valence-electron chi connectivity index (χ1n) is 9.44. The van der Waals surface area contributed by atoms with Crippen LogP contribution in [0.5, 0.6) is 0 Å². The second-order valence-electron chi connectivity index (χ2n) is 6.64. The number of hydrogen-bond donors (Lipinski definition) is 1. The normalized spacial score (nSPS) is 11.6. The SMILES string of the molecule is CCNC(=O)C(C)N(Cc1ccc(Cl)cc1)C(=O)CSCc1ccc([N+](=O)[O-])cc1. The first-order valence-corrected chi connectivity index (χ1v) is 11.0. The Labute approximate surface area is 184 Å². The van der Waals surface area contributed by atoms with Crippen LogP contribution in [-0.2, 0) is 21.9 Å². The molecule has 0 aliphatic heterocycles. The number of hydrogen-bond acceptors (Lipinski definition) is 5. The van der Waals surface area contributed by atoms with Crippen molar-refractivity contribution in [1.82, 2.24) is 10.2 Å². The van der Waals surface area contributed by atoms with E-state index in [-0.39, 0.29) is 23.3 Å². The standard InChI is InChI=1S/C21H24ClN3O4S/c1-3-23-21(27)15(2)24(12-16-4-8-18(22)9-5-16)20(26)14-30-13-17-6-10-19(11-7-17)25(28)29/h4-11,15H,3,12-14H2,1-2H3,(H,23,27). The largest absolute Gasteiger partial charge is 0.355 e. The Bertz CT molecular complexity index is 875. The lowest BCUT2D eigenvalue weighted by molar-refractivity contribution is -0.384. The Hall–Kier alpha value is -2.58. The Morgan fingerprint density at radius 1 is 1.13 bits per heavy atom. The molecule has 1 N–H and O–H groups in total. The molecule has 9 heteroatoms. The summed E-state index contributed by atoms with van der Waals surface area (Å²) in [4.78, 5) is 37.1. The van der Waals surface area contributed by atoms with Crippen LogP contribution < -0.4 is 5.32 Å². The maximum atomic E-state index is 12.9. The highest BCUT2D eigenvalue weighted by molar-refractivity contribution is 7.99. The molecule has 30 heavy (non-hydrogen) atoms. The average molecular weight is 450 g/mol. The van der Waals surface area contributed by atoms with Gasteiger partial charge in [0.1, 0.15) is 6.04 Å². The molecule has 160 valence electrons. The molecule has 0 saturated heterocycles. The van der Waals surface area contributed by atoms with Gasteiger partial charge in [-0.15, -0.1) is 11.8 Å². The predicted molar refractivity (Wildman–Crippen MR) is 119 cm³/mol. The van der Waals surface area contributed by atoms with Crippen LogP contribution in [0.1, 0.15) is 25.0 Å². The fourth-order valence-electron chi connectivity index (χ4n) is 2.74. The number of carbonyl (C=O) groups is 2. The molecular formula is C21H24ClN3O4S. The van der Waals surface area contributed by atoms with Gasteiger partial charge in [-0.25, -0.2) is 0 Å². The molecular weight excluding hydrogens is 426 g/mol. The summed E-state index contributed by atoms with van der Waals surface area (Å²) in [5.41, 5.74) is 1.80. The molecule has 0 aliphatic carbocycles. The quantitative estimate of drug-likeness (QED) is 0.436. The summed E-state index contributed by atoms with van der Waals surface area (Å²) in [6.45, 7) is 4.32. The topological polar surface area (TPSA) is 92.6 Å². The lowest BCUT2D eigenvalue weighted by atomic mass is 10.1. The highest BCUT2D eigenvalue weighted by Gasteiger charge is 2.25. The minimum absolute atomic E-state index is 0.0322. The minimum Gasteiger partial charge on any atom is -0.355 e. The zero-order valence-electron chi connectivity index (χ0n) is 16.8. The molecule has 0 aromatic heterocycles. The molecule has 0 spiro atoms. The number of non-ortho nitro benzene ring substituents is 1. The molecule has 2 aromatic carbocycles. The highest BCUT2D eigenvalue weighted by Crippen LogP contribution is 2.19. The second kappa shape index (κ2) is 11.6. The van der Waals surface area contributed by atoms with E-state index in [9.17, 15) is 19.7 Å². The first kappa shape index (κ1) is 23.7. The van der Waals surface area contributed by atoms with Crippen molar-refractivity contribution in [2.45, 2.75) is 32.2 Å². The zero-order chi connectivity index (χ0) is 22.1. The summed E-state index contributed by atoms with van der Waals surface area (Å²) >= 11 is 7.33. The molecule has 0 heterocycles. The molecule has 1 atom stereocenters. The maximum Gasteiger partial charge on any atom is 0.269 e. The smallest absolute Gasteiger partial charge is 0.269 e. The van der Waals surface area contributed by atoms with Gasteiger partial charge in [0.15, 0.2) is 0 Å². The van der Waals surface area contributed by atoms with Crippen LogP contribution in [-0.4, -0.2) is 40.0 Å². The molecule has 0 bridgehead atoms. The van der Waals surface area contributed by atoms with Gasteiger partial charge < -0.3 is 10.2 Å². The van der Waals surface area contributed by atoms with Crippen molar-refractivity contribution in [3.8, 4) is 0 Å². The Balaban J connectivity index is 2.02. The number of nitro groups is 1. The maximum absolute atomic E-state index is 12.9. The summed E-state index contributed by atoms with van der Waals surface area (Å²) in [7, 11) is 0. The molecule has 0 radical (unpaired) electrons. The molecule has 2 aromatic rings. The van der Waals surface area contributed by atoms with Gasteiger partial charge in [-0.05, 0) is 37.1 Å². The van der Waals surface area contributed by atoms with Crippen LogP contribution in [0.3, 0.4) is 0 Å². The molecule has 0 aliphatic rings. The van der Waals surface area contributed by atoms with Gasteiger partial charge in [-0.3, -0.25) is 19.7 Å². The number of nitro benzene ring substituents is 1. The van der Waals surface area contributed by atoms with E-state index in [4.69, 9.17) is 11.6 Å². The number of rotatable bonds is 10. The summed E-state index contributed by atoms with van der Waals surface area (Å²) in [6.07, 6.45) is 0. The molecule has 2 amide bonds. The monoisotopic (exact) mass is 449 g/mol. The van der Waals surface area contributed by atoms with E-state index in [1.807, 2.05) is 19.1 Å². The molecule has 0 fully saturated rings. The van der Waals surface area contributed by atoms with Crippen molar-refractivity contribution >= 4 is 40.9 Å². The van der Waals surface area contributed by atoms with Crippen LogP contribution in [0.25, 0.3) is 0 Å². The van der Waals surface area contributed by atoms with Crippen LogP contribution in [0, 0.1) is 10.1 Å². The zero-order valence-corrected chi connectivity index (χ0v) is 18.4. The predicted octanol–water partition coefficient (Wildman–Crippen LogP) is 4.03. The number of nitrogens with zero attached hydrogens (tertiary/aromatic N) is 2. The third-order valence-electron chi connectivity index (χ3n) is 4.43. The second-order valence-corrected chi connectivity index (χ2v) is 8.06. The van der Waals surface area contributed by atoms with E-state index >= 15 is 0 Å². The molecule has 0 saturated carbocycles. The average Bonchev–Trinajstić information content (AvgIpc) is 2.73. The first-order chi connectivity index (χ1) is 14.3. The number of halogens is 1. The fourth-order valence-corrected chi connectivity index (χ4v) is 3.74. The summed E-state index contributed by atoms with van der Waals surface area (Å²) in [6, 6.07) is 12.8. The molecule has 7 nitrogen and oxygen atoms in total. The van der Waals surface area contributed by atoms with Crippen LogP contribution in [0.15, 0.2) is 48.5 Å². The highest BCUT2D eigenvalue weighted by atomic mass is 35.5. The van der Waals surface area contributed by atoms with Crippen molar-refractivity contribution in [3.63, 3.8) is 0 Å². The Morgan fingerprint density at radius 3 is 2.30 bits per heavy atom. The van der Waals surface area contributed by atoms with E-state index in [2.05, 4.69) is 5.32 Å². The summed E-state index contributed by atoms with van der Waals surface area (Å²) < 4.78 is 0. The van der Waals surface area contributed by atoms with E-state index in [1.165, 1.54) is 23.9 Å². The summed E-state index contributed by atoms with van der Waals surface area (Å²) in [5.74, 6) is 0.360. The van der Waals surface area contributed by atoms with Crippen molar-refractivity contribution in [2.24, 2.45) is 0 Å². The van der Waals surface area contributed by atoms with Crippen LogP contribution in [0.4, 0.5) is 5.69 Å². The van der Waals surface area contributed by atoms with Crippen LogP contribution >= 0.6 is 23.4 Å². The van der Waals surface area contributed by atoms with Gasteiger partial charge in [0.2, 0.25) is 11.8 Å². The van der Waals surface area contributed by atoms with E-state index < -0.39 is 11.0 Å². The number of amides is 2. The fraction of sp³-hybridized carbons (Fsp3) is 0.333. The lowest BCUT2D eigenvalue weighted by Crippen LogP contribution is -2.48. The van der Waals surface area contributed by atoms with E-state index in [1.54, 1.807) is 36.1 Å². The van der Waals surface area contributed by atoms with Gasteiger partial charge in [0.05, 0.1) is 10.7 Å². The van der Waals surface area contributed by atoms with Crippen molar-refractivity contribution in [3.05, 3.63) is 74.8 Å². The third-order valence-corrected chi connectivity index (χ3v) is 5.67. The summed E-state index contributed by atoms with van der Waals surface area (Å²) in [5, 5.41) is 14.1. The van der Waals surface area contributed by atoms with Gasteiger partial charge >= 0.3 is 0 Å². The van der Waals surface area contributed by atoms with Crippen molar-refractivity contribution in [1.29, 1.82) is 0 Å². The number of thioether (sulfide) groups is 1. The number of nitrogens with one attached hydrogen (secondary N) is 1. The number of benzene rings is 2. The van der Waals surface area contributed by atoms with E-state index in [0.717, 1.165) is 11.1 Å². The lowest BCUT2D eigenvalue weighted by Gasteiger charge is -2.28. The Morgan fingerprint density at radius 2 is 1.73 bits per heavy atom. The Kier molecular flexibility index (Phi) is 9.14.